The van der Waals surface area contributed by atoms with Crippen molar-refractivity contribution in [3.63, 3.8) is 0 Å². The highest BCUT2D eigenvalue weighted by atomic mass is 79.9. The first-order valence-corrected chi connectivity index (χ1v) is 7.09. The van der Waals surface area contributed by atoms with Crippen molar-refractivity contribution in [3.05, 3.63) is 20.8 Å². The van der Waals surface area contributed by atoms with Crippen molar-refractivity contribution in [2.24, 2.45) is 11.8 Å². The molecule has 1 heterocycles. The molecule has 2 atom stereocenters. The topological polar surface area (TPSA) is 17.1 Å². The fourth-order valence-electron chi connectivity index (χ4n) is 2.37. The molecule has 82 valence electrons. The van der Waals surface area contributed by atoms with Crippen LogP contribution in [-0.4, -0.2) is 5.78 Å². The van der Waals surface area contributed by atoms with E-state index in [1.165, 1.54) is 17.7 Å². The zero-order valence-electron chi connectivity index (χ0n) is 8.83. The molecule has 3 heteroatoms. The second kappa shape index (κ2) is 4.79. The first-order chi connectivity index (χ1) is 7.16. The molecule has 0 saturated heterocycles. The molecule has 1 aliphatic rings. The Morgan fingerprint density at radius 2 is 2.40 bits per heavy atom. The Morgan fingerprint density at radius 1 is 1.60 bits per heavy atom. The molecule has 1 saturated carbocycles. The van der Waals surface area contributed by atoms with Crippen molar-refractivity contribution in [3.8, 4) is 0 Å². The number of Topliss-reactive ketones (excluding diaryl/α,β-unsaturated/α-hetero) is 1. The van der Waals surface area contributed by atoms with Crippen molar-refractivity contribution >= 4 is 33.0 Å². The minimum Gasteiger partial charge on any atom is -0.299 e. The highest BCUT2D eigenvalue weighted by molar-refractivity contribution is 9.10. The summed E-state index contributed by atoms with van der Waals surface area (Å²) in [6, 6.07) is 2.06. The lowest BCUT2D eigenvalue weighted by molar-refractivity contribution is -0.123. The maximum absolute atomic E-state index is 12.0. The summed E-state index contributed by atoms with van der Waals surface area (Å²) in [6.45, 7) is 2.21. The molecular weight excluding hydrogens is 272 g/mol. The number of halogens is 1. The van der Waals surface area contributed by atoms with Crippen LogP contribution >= 0.6 is 27.3 Å². The van der Waals surface area contributed by atoms with Gasteiger partial charge in [0.15, 0.2) is 0 Å². The zero-order chi connectivity index (χ0) is 10.8. The van der Waals surface area contributed by atoms with Gasteiger partial charge < -0.3 is 0 Å². The summed E-state index contributed by atoms with van der Waals surface area (Å²) in [5.41, 5.74) is 0. The van der Waals surface area contributed by atoms with Gasteiger partial charge in [-0.1, -0.05) is 13.3 Å². The molecule has 1 aromatic heterocycles. The maximum atomic E-state index is 12.0. The van der Waals surface area contributed by atoms with Gasteiger partial charge in [-0.2, -0.15) is 0 Å². The first-order valence-electron chi connectivity index (χ1n) is 5.42. The quantitative estimate of drug-likeness (QED) is 0.819. The van der Waals surface area contributed by atoms with Gasteiger partial charge in [0.2, 0.25) is 0 Å². The van der Waals surface area contributed by atoms with Crippen LogP contribution in [0.1, 0.15) is 31.1 Å². The molecule has 0 N–H and O–H groups in total. The van der Waals surface area contributed by atoms with Crippen molar-refractivity contribution < 1.29 is 4.79 Å². The van der Waals surface area contributed by atoms with Gasteiger partial charge >= 0.3 is 0 Å². The highest BCUT2D eigenvalue weighted by Gasteiger charge is 2.29. The van der Waals surface area contributed by atoms with Crippen LogP contribution in [0.5, 0.6) is 0 Å². The third-order valence-corrected chi connectivity index (χ3v) is 4.94. The third kappa shape index (κ3) is 2.70. The molecule has 15 heavy (non-hydrogen) atoms. The van der Waals surface area contributed by atoms with Gasteiger partial charge in [-0.05, 0) is 40.8 Å². The summed E-state index contributed by atoms with van der Waals surface area (Å²) in [6.07, 6.45) is 4.19. The number of hydrogen-bond donors (Lipinski definition) is 0. The maximum Gasteiger partial charge on any atom is 0.141 e. The fraction of sp³-hybridized carbons (Fsp3) is 0.583. The Hall–Kier alpha value is -0.150. The molecule has 0 radical (unpaired) electrons. The number of ketones is 1. The lowest BCUT2D eigenvalue weighted by Gasteiger charge is -2.12. The molecule has 0 bridgehead atoms. The number of thiophene rings is 1. The van der Waals surface area contributed by atoms with E-state index in [9.17, 15) is 4.79 Å². The van der Waals surface area contributed by atoms with Gasteiger partial charge in [0.05, 0.1) is 0 Å². The third-order valence-electron chi connectivity index (χ3n) is 3.25. The van der Waals surface area contributed by atoms with Crippen LogP contribution in [0.2, 0.25) is 0 Å². The summed E-state index contributed by atoms with van der Waals surface area (Å²) in [5.74, 6) is 1.36. The standard InChI is InChI=1S/C12H15BrOS/c1-8-3-2-4-11(8)12(14)6-10-5-9(13)7-15-10/h5,7-8,11H,2-4,6H2,1H3. The van der Waals surface area contributed by atoms with Crippen molar-refractivity contribution in [1.82, 2.24) is 0 Å². The van der Waals surface area contributed by atoms with E-state index in [4.69, 9.17) is 0 Å². The van der Waals surface area contributed by atoms with Gasteiger partial charge in [0.25, 0.3) is 0 Å². The number of carbonyl (C=O) groups is 1. The van der Waals surface area contributed by atoms with Crippen LogP contribution in [0, 0.1) is 11.8 Å². The van der Waals surface area contributed by atoms with Gasteiger partial charge in [-0.15, -0.1) is 11.3 Å². The van der Waals surface area contributed by atoms with E-state index in [1.54, 1.807) is 11.3 Å². The van der Waals surface area contributed by atoms with Gasteiger partial charge in [-0.3, -0.25) is 4.79 Å². The Balaban J connectivity index is 1.97. The van der Waals surface area contributed by atoms with E-state index in [0.29, 0.717) is 24.0 Å². The minimum atomic E-state index is 0.325. The Bertz CT molecular complexity index is 358. The lowest BCUT2D eigenvalue weighted by Crippen LogP contribution is -2.18. The van der Waals surface area contributed by atoms with E-state index in [-0.39, 0.29) is 0 Å². The van der Waals surface area contributed by atoms with Crippen molar-refractivity contribution in [2.45, 2.75) is 32.6 Å². The van der Waals surface area contributed by atoms with E-state index in [1.807, 2.05) is 5.38 Å². The van der Waals surface area contributed by atoms with E-state index >= 15 is 0 Å². The molecule has 0 amide bonds. The van der Waals surface area contributed by atoms with Crippen molar-refractivity contribution in [2.75, 3.05) is 0 Å². The molecule has 2 rings (SSSR count). The molecule has 1 fully saturated rings. The largest absolute Gasteiger partial charge is 0.299 e. The van der Waals surface area contributed by atoms with Crippen LogP contribution in [0.15, 0.2) is 15.9 Å². The van der Waals surface area contributed by atoms with E-state index in [2.05, 4.69) is 28.9 Å². The SMILES string of the molecule is CC1CCCC1C(=O)Cc1cc(Br)cs1. The first kappa shape index (κ1) is 11.3. The van der Waals surface area contributed by atoms with Crippen LogP contribution < -0.4 is 0 Å². The summed E-state index contributed by atoms with van der Waals surface area (Å²) in [5, 5.41) is 2.04. The number of carbonyl (C=O) groups excluding carboxylic acids is 1. The monoisotopic (exact) mass is 286 g/mol. The smallest absolute Gasteiger partial charge is 0.141 e. The van der Waals surface area contributed by atoms with Crippen LogP contribution in [0.25, 0.3) is 0 Å². The molecule has 0 aliphatic heterocycles. The number of hydrogen-bond acceptors (Lipinski definition) is 2. The predicted octanol–water partition coefficient (Wildman–Crippen LogP) is 4.06. The average molecular weight is 287 g/mol. The fourth-order valence-corrected chi connectivity index (χ4v) is 3.83. The van der Waals surface area contributed by atoms with Gasteiger partial charge in [0, 0.05) is 27.1 Å². The average Bonchev–Trinajstić information content (AvgIpc) is 2.75. The molecule has 1 aliphatic carbocycles. The Labute approximate surface area is 103 Å². The van der Waals surface area contributed by atoms with Crippen LogP contribution in [0.4, 0.5) is 0 Å². The Kier molecular flexibility index (Phi) is 3.62. The second-order valence-corrected chi connectivity index (χ2v) is 6.30. The molecule has 1 nitrogen and oxygen atoms in total. The summed E-state index contributed by atoms with van der Waals surface area (Å²) < 4.78 is 1.09. The van der Waals surface area contributed by atoms with Crippen molar-refractivity contribution in [1.29, 1.82) is 0 Å². The van der Waals surface area contributed by atoms with E-state index in [0.717, 1.165) is 10.9 Å². The zero-order valence-corrected chi connectivity index (χ0v) is 11.2. The summed E-state index contributed by atoms with van der Waals surface area (Å²) >= 11 is 5.09. The van der Waals surface area contributed by atoms with E-state index < -0.39 is 0 Å². The molecule has 0 spiro atoms. The molecule has 2 unspecified atom stereocenters. The molecule has 1 aromatic rings. The highest BCUT2D eigenvalue weighted by Crippen LogP contribution is 2.33. The minimum absolute atomic E-state index is 0.325. The normalized spacial score (nSPS) is 25.7. The molecular formula is C12H15BrOS. The van der Waals surface area contributed by atoms with Gasteiger partial charge in [0.1, 0.15) is 5.78 Å². The van der Waals surface area contributed by atoms with Gasteiger partial charge in [-0.25, -0.2) is 0 Å². The number of rotatable bonds is 3. The Morgan fingerprint density at radius 3 is 2.93 bits per heavy atom. The predicted molar refractivity (Wildman–Crippen MR) is 67.2 cm³/mol. The summed E-state index contributed by atoms with van der Waals surface area (Å²) in [4.78, 5) is 13.2. The lowest BCUT2D eigenvalue weighted by atomic mass is 9.92. The van der Waals surface area contributed by atoms with Crippen LogP contribution in [0.3, 0.4) is 0 Å². The summed E-state index contributed by atoms with van der Waals surface area (Å²) in [7, 11) is 0. The van der Waals surface area contributed by atoms with Crippen LogP contribution in [-0.2, 0) is 11.2 Å². The second-order valence-electron chi connectivity index (χ2n) is 4.39. The molecule has 0 aromatic carbocycles.